The maximum atomic E-state index is 13.6. The van der Waals surface area contributed by atoms with Gasteiger partial charge in [-0.15, -0.1) is 0 Å². The molecule has 1 atom stereocenters. The molecule has 160 valence electrons. The first-order valence-corrected chi connectivity index (χ1v) is 10.9. The van der Waals surface area contributed by atoms with Gasteiger partial charge < -0.3 is 31.3 Å². The lowest BCUT2D eigenvalue weighted by Gasteiger charge is -2.51. The number of rotatable bonds is 5. The molecule has 4 fully saturated rings. The smallest absolute Gasteiger partial charge is 0.359 e. The zero-order valence-corrected chi connectivity index (χ0v) is 18.6. The highest BCUT2D eigenvalue weighted by molar-refractivity contribution is 5.83. The molecule has 4 aliphatic rings. The van der Waals surface area contributed by atoms with Gasteiger partial charge >= 0.3 is 11.9 Å². The molecule has 6 heteroatoms. The molecule has 5 nitrogen and oxygen atoms in total. The average molecular weight is 466 g/mol. The predicted molar refractivity (Wildman–Crippen MR) is 106 cm³/mol. The van der Waals surface area contributed by atoms with E-state index in [1.54, 1.807) is 0 Å². The Labute approximate surface area is 183 Å². The first-order chi connectivity index (χ1) is 13.5. The number of carbonyl (C=O) groups excluding carboxylic acids is 1. The number of nitrogens with zero attached hydrogens (tertiary/aromatic N) is 1. The molecule has 0 radical (unpaired) electrons. The molecule has 1 saturated carbocycles. The lowest BCUT2D eigenvalue weighted by atomic mass is 9.74. The van der Waals surface area contributed by atoms with E-state index in [0.29, 0.717) is 16.9 Å². The van der Waals surface area contributed by atoms with Gasteiger partial charge in [-0.25, -0.2) is 4.79 Å². The number of carboxylic acid groups (broad SMARTS) is 1. The summed E-state index contributed by atoms with van der Waals surface area (Å²) in [6.07, 6.45) is 7.93. The number of fused-ring (bicyclic) bond motifs is 3. The van der Waals surface area contributed by atoms with Crippen LogP contribution < -0.4 is 17.0 Å². The Morgan fingerprint density at radius 2 is 1.66 bits per heavy atom. The number of hydrogen-bond donors (Lipinski definition) is 1. The molecule has 1 aromatic carbocycles. The van der Waals surface area contributed by atoms with Crippen molar-refractivity contribution in [2.45, 2.75) is 62.9 Å². The molecule has 3 heterocycles. The molecule has 3 saturated heterocycles. The SMILES string of the molecule is O=C(O)C[N+]12CCC(CC1)[C@@H](OC(=O)C1(c3ccccc3)CCCCCC1)C2.[Br-]. The van der Waals surface area contributed by atoms with E-state index in [1.807, 2.05) is 18.2 Å². The normalized spacial score (nSPS) is 30.6. The molecule has 0 aromatic heterocycles. The van der Waals surface area contributed by atoms with Crippen LogP contribution in [0.5, 0.6) is 0 Å². The number of carboxylic acids is 1. The van der Waals surface area contributed by atoms with Crippen LogP contribution in [-0.4, -0.2) is 53.8 Å². The molecule has 0 amide bonds. The minimum absolute atomic E-state index is 0. The number of aliphatic carboxylic acids is 1. The van der Waals surface area contributed by atoms with Crippen molar-refractivity contribution < 1.29 is 40.9 Å². The van der Waals surface area contributed by atoms with E-state index in [1.165, 1.54) is 12.8 Å². The summed E-state index contributed by atoms with van der Waals surface area (Å²) in [7, 11) is 0. The van der Waals surface area contributed by atoms with Crippen molar-refractivity contribution in [3.63, 3.8) is 0 Å². The maximum Gasteiger partial charge on any atom is 0.359 e. The van der Waals surface area contributed by atoms with E-state index in [2.05, 4.69) is 12.1 Å². The van der Waals surface area contributed by atoms with Gasteiger partial charge in [-0.05, 0) is 18.4 Å². The molecule has 2 bridgehead atoms. The number of ether oxygens (including phenoxy) is 1. The van der Waals surface area contributed by atoms with Crippen LogP contribution in [0, 0.1) is 5.92 Å². The van der Waals surface area contributed by atoms with Crippen molar-refractivity contribution in [2.75, 3.05) is 26.2 Å². The Balaban J connectivity index is 0.00000240. The summed E-state index contributed by atoms with van der Waals surface area (Å²) in [5.74, 6) is -0.445. The van der Waals surface area contributed by atoms with Crippen LogP contribution in [0.2, 0.25) is 0 Å². The van der Waals surface area contributed by atoms with Crippen LogP contribution in [0.4, 0.5) is 0 Å². The van der Waals surface area contributed by atoms with Crippen molar-refractivity contribution in [3.8, 4) is 0 Å². The second-order valence-corrected chi connectivity index (χ2v) is 9.17. The summed E-state index contributed by atoms with van der Waals surface area (Å²) in [4.78, 5) is 25.0. The van der Waals surface area contributed by atoms with Gasteiger partial charge in [-0.2, -0.15) is 0 Å². The van der Waals surface area contributed by atoms with Crippen molar-refractivity contribution in [1.29, 1.82) is 0 Å². The lowest BCUT2D eigenvalue weighted by Crippen LogP contribution is -3.00. The van der Waals surface area contributed by atoms with Gasteiger partial charge in [0.05, 0.1) is 18.5 Å². The number of carbonyl (C=O) groups is 2. The van der Waals surface area contributed by atoms with Crippen LogP contribution >= 0.6 is 0 Å². The first kappa shape index (κ1) is 22.3. The fourth-order valence-corrected chi connectivity index (χ4v) is 5.81. The third-order valence-electron chi connectivity index (χ3n) is 7.44. The summed E-state index contributed by atoms with van der Waals surface area (Å²) in [6, 6.07) is 10.2. The van der Waals surface area contributed by atoms with Crippen molar-refractivity contribution >= 4 is 11.9 Å². The number of piperidine rings is 3. The Hall–Kier alpha value is -1.40. The van der Waals surface area contributed by atoms with Crippen molar-refractivity contribution in [1.82, 2.24) is 0 Å². The van der Waals surface area contributed by atoms with Crippen molar-refractivity contribution in [2.24, 2.45) is 5.92 Å². The summed E-state index contributed by atoms with van der Waals surface area (Å²) < 4.78 is 6.81. The number of halogens is 1. The average Bonchev–Trinajstić information content (AvgIpc) is 2.96. The first-order valence-electron chi connectivity index (χ1n) is 10.9. The monoisotopic (exact) mass is 465 g/mol. The summed E-state index contributed by atoms with van der Waals surface area (Å²) >= 11 is 0. The highest BCUT2D eigenvalue weighted by Gasteiger charge is 2.51. The van der Waals surface area contributed by atoms with Gasteiger partial charge in [0.1, 0.15) is 6.54 Å². The highest BCUT2D eigenvalue weighted by Crippen LogP contribution is 2.42. The van der Waals surface area contributed by atoms with E-state index < -0.39 is 11.4 Å². The van der Waals surface area contributed by atoms with Gasteiger partial charge in [-0.1, -0.05) is 56.0 Å². The zero-order chi connectivity index (χ0) is 19.6. The van der Waals surface area contributed by atoms with Crippen LogP contribution in [0.25, 0.3) is 0 Å². The van der Waals surface area contributed by atoms with Crippen LogP contribution in [0.1, 0.15) is 56.9 Å². The van der Waals surface area contributed by atoms with Gasteiger partial charge in [0.15, 0.2) is 12.6 Å². The van der Waals surface area contributed by atoms with E-state index >= 15 is 0 Å². The van der Waals surface area contributed by atoms with E-state index in [0.717, 1.165) is 57.2 Å². The van der Waals surface area contributed by atoms with Gasteiger partial charge in [-0.3, -0.25) is 4.79 Å². The molecule has 0 unspecified atom stereocenters. The summed E-state index contributed by atoms with van der Waals surface area (Å²) in [5, 5.41) is 9.35. The quantitative estimate of drug-likeness (QED) is 0.391. The van der Waals surface area contributed by atoms with Gasteiger partial charge in [0, 0.05) is 18.8 Å². The molecule has 1 aliphatic carbocycles. The minimum Gasteiger partial charge on any atom is -1.00 e. The van der Waals surface area contributed by atoms with Crippen molar-refractivity contribution in [3.05, 3.63) is 35.9 Å². The maximum absolute atomic E-state index is 13.6. The van der Waals surface area contributed by atoms with Crippen LogP contribution in [0.3, 0.4) is 0 Å². The Bertz CT molecular complexity index is 707. The third kappa shape index (κ3) is 4.53. The Kier molecular flexibility index (Phi) is 7.05. The fraction of sp³-hybridized carbons (Fsp3) is 0.652. The second-order valence-electron chi connectivity index (χ2n) is 9.17. The second kappa shape index (κ2) is 9.17. The minimum atomic E-state index is -0.755. The topological polar surface area (TPSA) is 63.6 Å². The van der Waals surface area contributed by atoms with Gasteiger partial charge in [0.25, 0.3) is 0 Å². The Morgan fingerprint density at radius 3 is 2.24 bits per heavy atom. The summed E-state index contributed by atoms with van der Waals surface area (Å²) in [5.41, 5.74) is 0.541. The lowest BCUT2D eigenvalue weighted by molar-refractivity contribution is -0.939. The van der Waals surface area contributed by atoms with E-state index in [9.17, 15) is 14.7 Å². The molecule has 29 heavy (non-hydrogen) atoms. The standard InChI is InChI=1S/C23H31NO4.BrH/c25-21(26)17-24-14-10-18(11-15-24)20(16-24)28-22(27)23(12-6-1-2-7-13-23)19-8-4-3-5-9-19;/h3-5,8-9,18,20H,1-2,6-7,10-17H2;1H/t18?,20-,24?;/m0./s1. The fourth-order valence-electron chi connectivity index (χ4n) is 5.81. The zero-order valence-electron chi connectivity index (χ0n) is 17.0. The molecule has 1 aromatic rings. The number of hydrogen-bond acceptors (Lipinski definition) is 3. The van der Waals surface area contributed by atoms with E-state index in [4.69, 9.17) is 4.74 Å². The third-order valence-corrected chi connectivity index (χ3v) is 7.44. The predicted octanol–water partition coefficient (Wildman–Crippen LogP) is 0.519. The number of quaternary nitrogens is 1. The molecule has 0 spiro atoms. The molecule has 3 aliphatic heterocycles. The molecular formula is C23H32BrNO4. The van der Waals surface area contributed by atoms with Gasteiger partial charge in [0.2, 0.25) is 0 Å². The molecular weight excluding hydrogens is 434 g/mol. The highest BCUT2D eigenvalue weighted by atomic mass is 79.9. The summed E-state index contributed by atoms with van der Waals surface area (Å²) in [6.45, 7) is 2.60. The largest absolute Gasteiger partial charge is 1.00 e. The number of benzene rings is 1. The molecule has 5 rings (SSSR count). The van der Waals surface area contributed by atoms with Crippen LogP contribution in [-0.2, 0) is 19.7 Å². The molecule has 1 N–H and O–H groups in total. The number of esters is 1. The van der Waals surface area contributed by atoms with E-state index in [-0.39, 0.29) is 35.6 Å². The Morgan fingerprint density at radius 1 is 1.03 bits per heavy atom. The van der Waals surface area contributed by atoms with Crippen LogP contribution in [0.15, 0.2) is 30.3 Å².